The van der Waals surface area contributed by atoms with Crippen LogP contribution in [0.2, 0.25) is 0 Å². The Morgan fingerprint density at radius 2 is 2.11 bits per heavy atom. The van der Waals surface area contributed by atoms with Crippen molar-refractivity contribution in [3.63, 3.8) is 0 Å². The first-order valence-corrected chi connectivity index (χ1v) is 8.02. The van der Waals surface area contributed by atoms with Gasteiger partial charge >= 0.3 is 0 Å². The van der Waals surface area contributed by atoms with Crippen LogP contribution < -0.4 is 11.1 Å². The molecule has 0 bridgehead atoms. The van der Waals surface area contributed by atoms with Crippen LogP contribution in [0.25, 0.3) is 0 Å². The molecule has 0 saturated heterocycles. The van der Waals surface area contributed by atoms with Gasteiger partial charge in [-0.1, -0.05) is 13.0 Å². The third-order valence-electron chi connectivity index (χ3n) is 2.79. The summed E-state index contributed by atoms with van der Waals surface area (Å²) in [6.45, 7) is 3.11. The Morgan fingerprint density at radius 1 is 1.42 bits per heavy atom. The van der Waals surface area contributed by atoms with Gasteiger partial charge in [-0.05, 0) is 37.1 Å². The molecule has 0 radical (unpaired) electrons. The topological polar surface area (TPSA) is 89.3 Å². The zero-order chi connectivity index (χ0) is 14.5. The molecule has 106 valence electrons. The lowest BCUT2D eigenvalue weighted by Gasteiger charge is -2.11. The number of benzene rings is 1. The lowest BCUT2D eigenvalue weighted by Crippen LogP contribution is -2.29. The Bertz CT molecular complexity index is 541. The van der Waals surface area contributed by atoms with Crippen LogP contribution in [0, 0.1) is 5.92 Å². The van der Waals surface area contributed by atoms with E-state index in [0.29, 0.717) is 24.6 Å². The van der Waals surface area contributed by atoms with E-state index < -0.39 is 9.84 Å². The number of hydrogen-bond donors (Lipinski definition) is 2. The Kier molecular flexibility index (Phi) is 5.50. The van der Waals surface area contributed by atoms with E-state index in [2.05, 4.69) is 5.32 Å². The predicted octanol–water partition coefficient (Wildman–Crippen LogP) is 0.805. The Morgan fingerprint density at radius 3 is 2.68 bits per heavy atom. The minimum Gasteiger partial charge on any atom is -0.352 e. The highest BCUT2D eigenvalue weighted by Crippen LogP contribution is 2.11. The number of amides is 1. The van der Waals surface area contributed by atoms with Crippen molar-refractivity contribution in [3.05, 3.63) is 29.8 Å². The van der Waals surface area contributed by atoms with Crippen LogP contribution in [0.1, 0.15) is 23.7 Å². The monoisotopic (exact) mass is 284 g/mol. The van der Waals surface area contributed by atoms with Gasteiger partial charge in [-0.2, -0.15) is 0 Å². The molecule has 19 heavy (non-hydrogen) atoms. The van der Waals surface area contributed by atoms with E-state index in [1.165, 1.54) is 12.1 Å². The highest BCUT2D eigenvalue weighted by atomic mass is 32.2. The first-order valence-electron chi connectivity index (χ1n) is 6.13. The van der Waals surface area contributed by atoms with Crippen molar-refractivity contribution in [2.45, 2.75) is 18.2 Å². The first-order chi connectivity index (χ1) is 8.84. The van der Waals surface area contributed by atoms with Gasteiger partial charge in [-0.25, -0.2) is 8.42 Å². The molecule has 0 aliphatic carbocycles. The van der Waals surface area contributed by atoms with Crippen molar-refractivity contribution in [2.75, 3.05) is 19.3 Å². The number of nitrogens with one attached hydrogen (secondary N) is 1. The van der Waals surface area contributed by atoms with Gasteiger partial charge in [-0.3, -0.25) is 4.79 Å². The van der Waals surface area contributed by atoms with E-state index in [9.17, 15) is 13.2 Å². The lowest BCUT2D eigenvalue weighted by molar-refractivity contribution is 0.0947. The summed E-state index contributed by atoms with van der Waals surface area (Å²) in [4.78, 5) is 12.0. The minimum atomic E-state index is -3.30. The second-order valence-electron chi connectivity index (χ2n) is 4.69. The van der Waals surface area contributed by atoms with Gasteiger partial charge in [0.2, 0.25) is 0 Å². The zero-order valence-electron chi connectivity index (χ0n) is 11.2. The summed E-state index contributed by atoms with van der Waals surface area (Å²) < 4.78 is 22.8. The number of hydrogen-bond acceptors (Lipinski definition) is 4. The molecular weight excluding hydrogens is 264 g/mol. The lowest BCUT2D eigenvalue weighted by atomic mass is 10.1. The molecule has 1 rings (SSSR count). The molecule has 0 aliphatic rings. The molecule has 1 atom stereocenters. The maximum absolute atomic E-state index is 11.9. The Hall–Kier alpha value is -1.40. The van der Waals surface area contributed by atoms with Crippen molar-refractivity contribution in [1.82, 2.24) is 5.32 Å². The fraction of sp³-hybridized carbons (Fsp3) is 0.462. The van der Waals surface area contributed by atoms with Crippen LogP contribution in [0.4, 0.5) is 0 Å². The van der Waals surface area contributed by atoms with Crippen LogP contribution >= 0.6 is 0 Å². The maximum atomic E-state index is 11.9. The number of carbonyl (C=O) groups is 1. The van der Waals surface area contributed by atoms with Crippen LogP contribution in [0.15, 0.2) is 29.2 Å². The molecule has 0 fully saturated rings. The summed E-state index contributed by atoms with van der Waals surface area (Å²) in [7, 11) is -3.30. The molecule has 1 unspecified atom stereocenters. The van der Waals surface area contributed by atoms with Gasteiger partial charge in [0.1, 0.15) is 0 Å². The SMILES string of the molecule is CC(CCN)CNC(=O)c1cccc(S(C)(=O)=O)c1. The average molecular weight is 284 g/mol. The van der Waals surface area contributed by atoms with E-state index >= 15 is 0 Å². The number of sulfone groups is 1. The van der Waals surface area contributed by atoms with E-state index in [1.807, 2.05) is 6.92 Å². The van der Waals surface area contributed by atoms with Crippen LogP contribution in [0.3, 0.4) is 0 Å². The molecule has 5 nitrogen and oxygen atoms in total. The Labute approximate surface area is 114 Å². The maximum Gasteiger partial charge on any atom is 0.251 e. The van der Waals surface area contributed by atoms with Crippen molar-refractivity contribution >= 4 is 15.7 Å². The number of nitrogens with two attached hydrogens (primary N) is 1. The number of carbonyl (C=O) groups excluding carboxylic acids is 1. The fourth-order valence-corrected chi connectivity index (χ4v) is 2.29. The van der Waals surface area contributed by atoms with Gasteiger partial charge in [0.25, 0.3) is 5.91 Å². The molecule has 0 aliphatic heterocycles. The summed E-state index contributed by atoms with van der Waals surface area (Å²) in [6, 6.07) is 6.02. The summed E-state index contributed by atoms with van der Waals surface area (Å²) in [5.74, 6) is 0.0291. The van der Waals surface area contributed by atoms with Crippen LogP contribution in [0.5, 0.6) is 0 Å². The third-order valence-corrected chi connectivity index (χ3v) is 3.91. The second kappa shape index (κ2) is 6.68. The third kappa shape index (κ3) is 5.00. The Balaban J connectivity index is 2.73. The molecule has 6 heteroatoms. The second-order valence-corrected chi connectivity index (χ2v) is 6.71. The summed E-state index contributed by atoms with van der Waals surface area (Å²) in [6.07, 6.45) is 1.96. The van der Waals surface area contributed by atoms with Crippen molar-refractivity contribution in [2.24, 2.45) is 11.7 Å². The molecule has 3 N–H and O–H groups in total. The fourth-order valence-electron chi connectivity index (χ4n) is 1.62. The zero-order valence-corrected chi connectivity index (χ0v) is 12.0. The molecule has 1 aromatic carbocycles. The molecule has 0 aromatic heterocycles. The van der Waals surface area contributed by atoms with E-state index in [0.717, 1.165) is 12.7 Å². The van der Waals surface area contributed by atoms with Gasteiger partial charge in [0.05, 0.1) is 4.90 Å². The summed E-state index contributed by atoms with van der Waals surface area (Å²) >= 11 is 0. The van der Waals surface area contributed by atoms with Crippen molar-refractivity contribution < 1.29 is 13.2 Å². The summed E-state index contributed by atoms with van der Waals surface area (Å²) in [5, 5.41) is 2.77. The van der Waals surface area contributed by atoms with Gasteiger partial charge in [-0.15, -0.1) is 0 Å². The predicted molar refractivity (Wildman–Crippen MR) is 74.7 cm³/mol. The minimum absolute atomic E-state index is 0.148. The smallest absolute Gasteiger partial charge is 0.251 e. The average Bonchev–Trinajstić information content (AvgIpc) is 2.35. The summed E-state index contributed by atoms with van der Waals surface area (Å²) in [5.41, 5.74) is 5.79. The molecule has 0 heterocycles. The molecule has 1 amide bonds. The molecule has 1 aromatic rings. The molecule has 0 saturated carbocycles. The van der Waals surface area contributed by atoms with Gasteiger partial charge < -0.3 is 11.1 Å². The largest absolute Gasteiger partial charge is 0.352 e. The van der Waals surface area contributed by atoms with Crippen LogP contribution in [-0.2, 0) is 9.84 Å². The normalized spacial score (nSPS) is 13.0. The molecule has 0 spiro atoms. The first kappa shape index (κ1) is 15.7. The highest BCUT2D eigenvalue weighted by Gasteiger charge is 2.12. The standard InChI is InChI=1S/C13H20N2O3S/c1-10(6-7-14)9-15-13(16)11-4-3-5-12(8-11)19(2,17)18/h3-5,8,10H,6-7,9,14H2,1-2H3,(H,15,16). The van der Waals surface area contributed by atoms with Crippen LogP contribution in [-0.4, -0.2) is 33.7 Å². The highest BCUT2D eigenvalue weighted by molar-refractivity contribution is 7.90. The van der Waals surface area contributed by atoms with Gasteiger partial charge in [0, 0.05) is 18.4 Å². The van der Waals surface area contributed by atoms with E-state index in [1.54, 1.807) is 12.1 Å². The quantitative estimate of drug-likeness (QED) is 0.809. The van der Waals surface area contributed by atoms with Crippen molar-refractivity contribution in [1.29, 1.82) is 0 Å². The molecular formula is C13H20N2O3S. The van der Waals surface area contributed by atoms with Gasteiger partial charge in [0.15, 0.2) is 9.84 Å². The van der Waals surface area contributed by atoms with E-state index in [-0.39, 0.29) is 10.8 Å². The number of rotatable bonds is 6. The van der Waals surface area contributed by atoms with E-state index in [4.69, 9.17) is 5.73 Å². The van der Waals surface area contributed by atoms with Crippen molar-refractivity contribution in [3.8, 4) is 0 Å².